The molecule has 2 atom stereocenters. The fraction of sp³-hybridized carbons (Fsp3) is 0.846. The second-order valence-electron chi connectivity index (χ2n) is 5.19. The van der Waals surface area contributed by atoms with Crippen molar-refractivity contribution in [1.29, 1.82) is 0 Å². The highest BCUT2D eigenvalue weighted by atomic mass is 32.2. The molecule has 0 aromatic carbocycles. The van der Waals surface area contributed by atoms with Crippen LogP contribution in [0.25, 0.3) is 0 Å². The topological polar surface area (TPSA) is 49.4 Å². The number of rotatable bonds is 3. The van der Waals surface area contributed by atoms with Gasteiger partial charge in [-0.15, -0.1) is 0 Å². The zero-order valence-corrected chi connectivity index (χ0v) is 12.0. The van der Waals surface area contributed by atoms with E-state index in [9.17, 15) is 9.59 Å². The van der Waals surface area contributed by atoms with Crippen molar-refractivity contribution in [3.63, 3.8) is 0 Å². The zero-order chi connectivity index (χ0) is 13.1. The number of amides is 2. The van der Waals surface area contributed by atoms with Gasteiger partial charge in [-0.05, 0) is 43.6 Å². The number of nitrogens with one attached hydrogen (secondary N) is 1. The van der Waals surface area contributed by atoms with E-state index in [0.29, 0.717) is 12.3 Å². The van der Waals surface area contributed by atoms with Crippen molar-refractivity contribution >= 4 is 23.6 Å². The molecule has 2 rings (SSSR count). The van der Waals surface area contributed by atoms with E-state index in [1.54, 1.807) is 4.90 Å². The van der Waals surface area contributed by atoms with Gasteiger partial charge >= 0.3 is 0 Å². The first kappa shape index (κ1) is 13.7. The molecule has 2 amide bonds. The van der Waals surface area contributed by atoms with Gasteiger partial charge in [-0.3, -0.25) is 9.59 Å². The van der Waals surface area contributed by atoms with Gasteiger partial charge in [-0.2, -0.15) is 11.8 Å². The Labute approximate surface area is 113 Å². The van der Waals surface area contributed by atoms with Crippen LogP contribution in [0.2, 0.25) is 0 Å². The van der Waals surface area contributed by atoms with Crippen LogP contribution in [0.3, 0.4) is 0 Å². The summed E-state index contributed by atoms with van der Waals surface area (Å²) in [6, 6.07) is -0.624. The van der Waals surface area contributed by atoms with E-state index in [1.807, 2.05) is 25.6 Å². The molecule has 4 nitrogen and oxygen atoms in total. The van der Waals surface area contributed by atoms with Gasteiger partial charge in [0.1, 0.15) is 12.1 Å². The SMILES string of the molecule is CCC1NC(=O)C(C)N(CC2CCSCC2)C1=O. The summed E-state index contributed by atoms with van der Waals surface area (Å²) in [7, 11) is 0. The van der Waals surface area contributed by atoms with Crippen LogP contribution in [-0.2, 0) is 9.59 Å². The summed E-state index contributed by atoms with van der Waals surface area (Å²) in [6.45, 7) is 4.52. The largest absolute Gasteiger partial charge is 0.343 e. The highest BCUT2D eigenvalue weighted by molar-refractivity contribution is 7.99. The van der Waals surface area contributed by atoms with Gasteiger partial charge in [0.25, 0.3) is 0 Å². The van der Waals surface area contributed by atoms with Gasteiger partial charge in [-0.1, -0.05) is 6.92 Å². The third kappa shape index (κ3) is 2.82. The zero-order valence-electron chi connectivity index (χ0n) is 11.1. The van der Waals surface area contributed by atoms with Crippen LogP contribution in [0.1, 0.15) is 33.1 Å². The van der Waals surface area contributed by atoms with Gasteiger partial charge in [0, 0.05) is 6.54 Å². The van der Waals surface area contributed by atoms with Crippen LogP contribution >= 0.6 is 11.8 Å². The van der Waals surface area contributed by atoms with Crippen molar-refractivity contribution in [2.24, 2.45) is 5.92 Å². The average Bonchev–Trinajstić information content (AvgIpc) is 2.40. The van der Waals surface area contributed by atoms with Crippen LogP contribution in [0.4, 0.5) is 0 Å². The van der Waals surface area contributed by atoms with Crippen molar-refractivity contribution in [3.8, 4) is 0 Å². The number of nitrogens with zero attached hydrogens (tertiary/aromatic N) is 1. The molecular weight excluding hydrogens is 248 g/mol. The number of carbonyl (C=O) groups excluding carboxylic acids is 2. The van der Waals surface area contributed by atoms with Gasteiger partial charge < -0.3 is 10.2 Å². The highest BCUT2D eigenvalue weighted by Gasteiger charge is 2.38. The fourth-order valence-corrected chi connectivity index (χ4v) is 3.82. The molecule has 0 aliphatic carbocycles. The standard InChI is InChI=1S/C13H22N2O2S/c1-3-11-13(17)15(9(2)12(16)14-11)8-10-4-6-18-7-5-10/h9-11H,3-8H2,1-2H3,(H,14,16). The first-order valence-corrected chi connectivity index (χ1v) is 7.97. The smallest absolute Gasteiger partial charge is 0.245 e. The van der Waals surface area contributed by atoms with Crippen molar-refractivity contribution < 1.29 is 9.59 Å². The molecule has 18 heavy (non-hydrogen) atoms. The third-order valence-electron chi connectivity index (χ3n) is 3.95. The van der Waals surface area contributed by atoms with E-state index < -0.39 is 0 Å². The summed E-state index contributed by atoms with van der Waals surface area (Å²) < 4.78 is 0. The fourth-order valence-electron chi connectivity index (χ4n) is 2.62. The van der Waals surface area contributed by atoms with Crippen LogP contribution in [-0.4, -0.2) is 46.8 Å². The number of thioether (sulfide) groups is 1. The van der Waals surface area contributed by atoms with Gasteiger partial charge in [0.2, 0.25) is 11.8 Å². The minimum Gasteiger partial charge on any atom is -0.343 e. The minimum absolute atomic E-state index is 0.00775. The molecule has 2 heterocycles. The molecule has 1 N–H and O–H groups in total. The van der Waals surface area contributed by atoms with E-state index in [0.717, 1.165) is 6.54 Å². The lowest BCUT2D eigenvalue weighted by Gasteiger charge is -2.39. The second kappa shape index (κ2) is 5.95. The number of carbonyl (C=O) groups is 2. The Hall–Kier alpha value is -0.710. The molecule has 2 aliphatic heterocycles. The third-order valence-corrected chi connectivity index (χ3v) is 5.00. The molecule has 0 aromatic rings. The van der Waals surface area contributed by atoms with Gasteiger partial charge in [-0.25, -0.2) is 0 Å². The van der Waals surface area contributed by atoms with Gasteiger partial charge in [0.05, 0.1) is 0 Å². The Bertz CT molecular complexity index is 329. The lowest BCUT2D eigenvalue weighted by Crippen LogP contribution is -2.63. The van der Waals surface area contributed by atoms with E-state index in [-0.39, 0.29) is 23.9 Å². The van der Waals surface area contributed by atoms with Crippen LogP contribution in [0.5, 0.6) is 0 Å². The Kier molecular flexibility index (Phi) is 4.54. The molecule has 102 valence electrons. The predicted octanol–water partition coefficient (Wildman–Crippen LogP) is 1.26. The first-order valence-electron chi connectivity index (χ1n) is 6.82. The second-order valence-corrected chi connectivity index (χ2v) is 6.42. The van der Waals surface area contributed by atoms with E-state index in [1.165, 1.54) is 24.3 Å². The summed E-state index contributed by atoms with van der Waals surface area (Å²) in [4.78, 5) is 25.9. The van der Waals surface area contributed by atoms with Crippen molar-refractivity contribution in [1.82, 2.24) is 10.2 Å². The molecule has 2 aliphatic rings. The Morgan fingerprint density at radius 3 is 2.61 bits per heavy atom. The quantitative estimate of drug-likeness (QED) is 0.840. The Morgan fingerprint density at radius 1 is 1.33 bits per heavy atom. The molecule has 2 fully saturated rings. The number of hydrogen-bond donors (Lipinski definition) is 1. The minimum atomic E-state index is -0.313. The maximum atomic E-state index is 12.3. The molecule has 0 aromatic heterocycles. The molecule has 0 bridgehead atoms. The molecule has 0 radical (unpaired) electrons. The van der Waals surface area contributed by atoms with Crippen molar-refractivity contribution in [2.45, 2.75) is 45.2 Å². The molecule has 0 spiro atoms. The van der Waals surface area contributed by atoms with Crippen molar-refractivity contribution in [3.05, 3.63) is 0 Å². The van der Waals surface area contributed by atoms with E-state index >= 15 is 0 Å². The normalized spacial score (nSPS) is 30.4. The molecule has 2 saturated heterocycles. The maximum Gasteiger partial charge on any atom is 0.245 e. The number of hydrogen-bond acceptors (Lipinski definition) is 3. The highest BCUT2D eigenvalue weighted by Crippen LogP contribution is 2.25. The predicted molar refractivity (Wildman–Crippen MR) is 73.4 cm³/mol. The van der Waals surface area contributed by atoms with Crippen molar-refractivity contribution in [2.75, 3.05) is 18.1 Å². The molecule has 2 unspecified atom stereocenters. The van der Waals surface area contributed by atoms with E-state index in [2.05, 4.69) is 5.32 Å². The van der Waals surface area contributed by atoms with Crippen LogP contribution in [0.15, 0.2) is 0 Å². The summed E-state index contributed by atoms with van der Waals surface area (Å²) in [5.74, 6) is 3.03. The molecule has 5 heteroatoms. The first-order chi connectivity index (χ1) is 8.63. The Morgan fingerprint density at radius 2 is 2.00 bits per heavy atom. The summed E-state index contributed by atoms with van der Waals surface area (Å²) in [6.07, 6.45) is 3.01. The monoisotopic (exact) mass is 270 g/mol. The molecular formula is C13H22N2O2S. The van der Waals surface area contributed by atoms with Crippen LogP contribution < -0.4 is 5.32 Å². The lowest BCUT2D eigenvalue weighted by molar-refractivity contribution is -0.149. The van der Waals surface area contributed by atoms with E-state index in [4.69, 9.17) is 0 Å². The van der Waals surface area contributed by atoms with Gasteiger partial charge in [0.15, 0.2) is 0 Å². The lowest BCUT2D eigenvalue weighted by atomic mass is 9.98. The van der Waals surface area contributed by atoms with Crippen LogP contribution in [0, 0.1) is 5.92 Å². The summed E-state index contributed by atoms with van der Waals surface area (Å²) in [5, 5.41) is 2.80. The summed E-state index contributed by atoms with van der Waals surface area (Å²) >= 11 is 1.99. The Balaban J connectivity index is 2.02. The number of piperazine rings is 1. The maximum absolute atomic E-state index is 12.3. The summed E-state index contributed by atoms with van der Waals surface area (Å²) in [5.41, 5.74) is 0. The average molecular weight is 270 g/mol. The molecule has 0 saturated carbocycles.